The lowest BCUT2D eigenvalue weighted by Crippen LogP contribution is -2.28. The topological polar surface area (TPSA) is 59.1 Å². The summed E-state index contributed by atoms with van der Waals surface area (Å²) in [5, 5.41) is 0. The molecule has 2 aromatic rings. The second-order valence-corrected chi connectivity index (χ2v) is 7.82. The average Bonchev–Trinajstić information content (AvgIpc) is 2.92. The Kier molecular flexibility index (Phi) is 21.8. The molecule has 0 N–H and O–H groups in total. The number of hydrogen-bond acceptors (Lipinski definition) is 6. The Balaban J connectivity index is 0.000000637. The van der Waals surface area contributed by atoms with Crippen molar-refractivity contribution in [3.8, 4) is 0 Å². The molecule has 0 spiro atoms. The van der Waals surface area contributed by atoms with Gasteiger partial charge in [0.25, 0.3) is 0 Å². The van der Waals surface area contributed by atoms with Crippen LogP contribution in [0.4, 0.5) is 0 Å². The van der Waals surface area contributed by atoms with Crippen LogP contribution in [0.1, 0.15) is 38.8 Å². The average molecular weight is 566 g/mol. The van der Waals surface area contributed by atoms with Gasteiger partial charge in [-0.2, -0.15) is 0 Å². The van der Waals surface area contributed by atoms with E-state index in [1.165, 1.54) is 0 Å². The number of ether oxygens (including phenoxy) is 2. The summed E-state index contributed by atoms with van der Waals surface area (Å²) >= 11 is 2.94. The Labute approximate surface area is 227 Å². The highest BCUT2D eigenvalue weighted by Crippen LogP contribution is 2.02. The maximum Gasteiger partial charge on any atom is 0.310 e. The van der Waals surface area contributed by atoms with E-state index < -0.39 is 0 Å². The molecule has 2 aromatic carbocycles. The summed E-state index contributed by atoms with van der Waals surface area (Å²) in [6, 6.07) is 19.3. The zero-order valence-corrected chi connectivity index (χ0v) is 24.3. The minimum Gasteiger partial charge on any atom is -0.464 e. The van der Waals surface area contributed by atoms with Gasteiger partial charge < -0.3 is 19.3 Å². The predicted molar refractivity (Wildman–Crippen MR) is 153 cm³/mol. The van der Waals surface area contributed by atoms with Crippen molar-refractivity contribution in [2.75, 3.05) is 58.3 Å². The number of halogens is 1. The van der Waals surface area contributed by atoms with Crippen molar-refractivity contribution in [3.05, 3.63) is 71.8 Å². The highest BCUT2D eigenvalue weighted by molar-refractivity contribution is 9.08. The zero-order valence-electron chi connectivity index (χ0n) is 22.7. The number of benzene rings is 2. The van der Waals surface area contributed by atoms with Crippen LogP contribution in [0.5, 0.6) is 0 Å². The fourth-order valence-electron chi connectivity index (χ4n) is 3.28. The van der Waals surface area contributed by atoms with E-state index in [-0.39, 0.29) is 11.9 Å². The normalized spacial score (nSPS) is 10.1. The van der Waals surface area contributed by atoms with Crippen LogP contribution in [-0.4, -0.2) is 80.1 Å². The Hall–Kier alpha value is -2.22. The number of carbonyl (C=O) groups is 2. The molecule has 0 aliphatic heterocycles. The molecule has 0 bridgehead atoms. The first-order chi connectivity index (χ1) is 17.5. The van der Waals surface area contributed by atoms with Gasteiger partial charge in [-0.3, -0.25) is 9.59 Å². The van der Waals surface area contributed by atoms with Gasteiger partial charge in [0, 0.05) is 13.1 Å². The molecule has 0 fully saturated rings. The van der Waals surface area contributed by atoms with Crippen molar-refractivity contribution >= 4 is 27.9 Å². The molecule has 202 valence electrons. The minimum atomic E-state index is -0.150. The fraction of sp³-hybridized carbons (Fsp3) is 0.517. The van der Waals surface area contributed by atoms with E-state index in [4.69, 9.17) is 9.47 Å². The van der Waals surface area contributed by atoms with Gasteiger partial charge in [0.1, 0.15) is 13.2 Å². The predicted octanol–water partition coefficient (Wildman–Crippen LogP) is 5.24. The minimum absolute atomic E-state index is 0.150. The van der Waals surface area contributed by atoms with Crippen LogP contribution >= 0.6 is 15.9 Å². The highest BCUT2D eigenvalue weighted by Gasteiger charge is 2.06. The molecule has 0 aliphatic rings. The molecule has 0 saturated heterocycles. The number of esters is 2. The van der Waals surface area contributed by atoms with Crippen LogP contribution in [0, 0.1) is 0 Å². The number of nitrogens with zero attached hydrogens (tertiary/aromatic N) is 2. The van der Waals surface area contributed by atoms with Gasteiger partial charge in [0.05, 0.1) is 12.8 Å². The summed E-state index contributed by atoms with van der Waals surface area (Å²) < 4.78 is 10.4. The van der Waals surface area contributed by atoms with Gasteiger partial charge in [0.2, 0.25) is 0 Å². The summed E-state index contributed by atoms with van der Waals surface area (Å²) in [4.78, 5) is 27.5. The standard InChI is InChI=1S/2C14H21NO2.CH3Br/c2*1-3-15(4-2)10-11-17-14(16)12-13-8-6-5-7-9-13;1-2/h2*5-9H,3-4,10-12H2,1-2H3;1H3. The summed E-state index contributed by atoms with van der Waals surface area (Å²) in [7, 11) is 0. The number of alkyl halides is 1. The third kappa shape index (κ3) is 17.2. The largest absolute Gasteiger partial charge is 0.464 e. The van der Waals surface area contributed by atoms with E-state index in [1.807, 2.05) is 66.5 Å². The Morgan fingerprint density at radius 1 is 0.611 bits per heavy atom. The van der Waals surface area contributed by atoms with Crippen molar-refractivity contribution in [1.29, 1.82) is 0 Å². The van der Waals surface area contributed by atoms with Gasteiger partial charge in [-0.05, 0) is 43.1 Å². The van der Waals surface area contributed by atoms with Crippen molar-refractivity contribution in [1.82, 2.24) is 9.80 Å². The maximum atomic E-state index is 11.5. The van der Waals surface area contributed by atoms with Crippen molar-refractivity contribution < 1.29 is 19.1 Å². The van der Waals surface area contributed by atoms with Crippen LogP contribution in [0.2, 0.25) is 0 Å². The van der Waals surface area contributed by atoms with E-state index >= 15 is 0 Å². The molecule has 0 atom stereocenters. The molecule has 0 unspecified atom stereocenters. The molecule has 0 heterocycles. The first kappa shape index (κ1) is 33.8. The third-order valence-electron chi connectivity index (χ3n) is 5.51. The molecular weight excluding hydrogens is 520 g/mol. The lowest BCUT2D eigenvalue weighted by Gasteiger charge is -2.17. The van der Waals surface area contributed by atoms with Crippen molar-refractivity contribution in [3.63, 3.8) is 0 Å². The van der Waals surface area contributed by atoms with E-state index in [2.05, 4.69) is 53.4 Å². The summed E-state index contributed by atoms with van der Waals surface area (Å²) in [6.07, 6.45) is 0.720. The summed E-state index contributed by atoms with van der Waals surface area (Å²) in [5.41, 5.74) is 2.00. The van der Waals surface area contributed by atoms with Crippen molar-refractivity contribution in [2.24, 2.45) is 0 Å². The third-order valence-corrected chi connectivity index (χ3v) is 5.51. The van der Waals surface area contributed by atoms with E-state index in [9.17, 15) is 9.59 Å². The number of hydrogen-bond donors (Lipinski definition) is 0. The Morgan fingerprint density at radius 3 is 1.19 bits per heavy atom. The summed E-state index contributed by atoms with van der Waals surface area (Å²) in [6.45, 7) is 15.0. The molecule has 0 aliphatic carbocycles. The monoisotopic (exact) mass is 564 g/mol. The maximum absolute atomic E-state index is 11.5. The molecule has 0 radical (unpaired) electrons. The second-order valence-electron chi connectivity index (χ2n) is 7.82. The van der Waals surface area contributed by atoms with Crippen LogP contribution < -0.4 is 0 Å². The fourth-order valence-corrected chi connectivity index (χ4v) is 3.28. The molecule has 2 rings (SSSR count). The van der Waals surface area contributed by atoms with Gasteiger partial charge in [0.15, 0.2) is 0 Å². The van der Waals surface area contributed by atoms with Crippen LogP contribution in [-0.2, 0) is 31.9 Å². The SMILES string of the molecule is CBr.CCN(CC)CCOC(=O)Cc1ccccc1.CCN(CC)CCOC(=O)Cc1ccccc1. The molecule has 0 aromatic heterocycles. The van der Waals surface area contributed by atoms with Crippen LogP contribution in [0.15, 0.2) is 60.7 Å². The highest BCUT2D eigenvalue weighted by atomic mass is 79.9. The molecule has 7 heteroatoms. The second kappa shape index (κ2) is 23.2. The Bertz CT molecular complexity index is 715. The van der Waals surface area contributed by atoms with Gasteiger partial charge >= 0.3 is 11.9 Å². The zero-order chi connectivity index (χ0) is 27.0. The number of rotatable bonds is 14. The lowest BCUT2D eigenvalue weighted by molar-refractivity contribution is -0.144. The van der Waals surface area contributed by atoms with E-state index in [0.29, 0.717) is 26.1 Å². The molecule has 0 amide bonds. The van der Waals surface area contributed by atoms with Gasteiger partial charge in [-0.25, -0.2) is 0 Å². The van der Waals surface area contributed by atoms with Crippen LogP contribution in [0.25, 0.3) is 0 Å². The molecular formula is C29H45BrN2O4. The first-order valence-electron chi connectivity index (χ1n) is 12.7. The lowest BCUT2D eigenvalue weighted by atomic mass is 10.2. The van der Waals surface area contributed by atoms with E-state index in [1.54, 1.807) is 0 Å². The Morgan fingerprint density at radius 2 is 0.917 bits per heavy atom. The van der Waals surface area contributed by atoms with Crippen LogP contribution in [0.3, 0.4) is 0 Å². The van der Waals surface area contributed by atoms with Gasteiger partial charge in [-0.1, -0.05) is 104 Å². The molecule has 0 saturated carbocycles. The first-order valence-corrected chi connectivity index (χ1v) is 14.3. The van der Waals surface area contributed by atoms with E-state index in [0.717, 1.165) is 50.4 Å². The van der Waals surface area contributed by atoms with Crippen molar-refractivity contribution in [2.45, 2.75) is 40.5 Å². The summed E-state index contributed by atoms with van der Waals surface area (Å²) in [5.74, 6) is 1.51. The quantitative estimate of drug-likeness (QED) is 0.231. The smallest absolute Gasteiger partial charge is 0.310 e. The number of carbonyl (C=O) groups excluding carboxylic acids is 2. The molecule has 6 nitrogen and oxygen atoms in total. The molecule has 36 heavy (non-hydrogen) atoms. The van der Waals surface area contributed by atoms with Gasteiger partial charge in [-0.15, -0.1) is 0 Å². The number of likely N-dealkylation sites (N-methyl/N-ethyl adjacent to an activating group) is 2.